The Labute approximate surface area is 168 Å². The third kappa shape index (κ3) is 4.01. The van der Waals surface area contributed by atoms with Crippen LogP contribution in [0.5, 0.6) is 0 Å². The van der Waals surface area contributed by atoms with E-state index in [1.807, 2.05) is 4.90 Å². The zero-order valence-electron chi connectivity index (χ0n) is 15.6. The van der Waals surface area contributed by atoms with Gasteiger partial charge in [-0.2, -0.15) is 0 Å². The third-order valence-corrected chi connectivity index (χ3v) is 6.90. The molecule has 1 saturated heterocycles. The summed E-state index contributed by atoms with van der Waals surface area (Å²) in [6.07, 6.45) is 3.93. The molecular formula is C21H23N3OS2. The number of aromatic nitrogens is 2. The van der Waals surface area contributed by atoms with E-state index in [-0.39, 0.29) is 5.91 Å². The predicted molar refractivity (Wildman–Crippen MR) is 113 cm³/mol. The highest BCUT2D eigenvalue weighted by Gasteiger charge is 2.22. The first-order valence-corrected chi connectivity index (χ1v) is 11.2. The number of nitrogens with zero attached hydrogens (tertiary/aromatic N) is 3. The molecule has 6 heteroatoms. The molecule has 1 aromatic carbocycles. The summed E-state index contributed by atoms with van der Waals surface area (Å²) in [5.41, 5.74) is 3.56. The normalized spacial score (nSPS) is 17.4. The van der Waals surface area contributed by atoms with Gasteiger partial charge in [-0.3, -0.25) is 4.79 Å². The average Bonchev–Trinajstić information content (AvgIpc) is 3.11. The van der Waals surface area contributed by atoms with Gasteiger partial charge in [-0.15, -0.1) is 11.3 Å². The summed E-state index contributed by atoms with van der Waals surface area (Å²) in [5.74, 6) is 1.25. The maximum atomic E-state index is 12.6. The Balaban J connectivity index is 1.57. The maximum absolute atomic E-state index is 12.6. The zero-order valence-corrected chi connectivity index (χ0v) is 17.3. The number of likely N-dealkylation sites (tertiary alicyclic amines) is 1. The van der Waals surface area contributed by atoms with E-state index in [1.165, 1.54) is 29.3 Å². The van der Waals surface area contributed by atoms with Gasteiger partial charge < -0.3 is 4.90 Å². The fourth-order valence-electron chi connectivity index (χ4n) is 3.54. The quantitative estimate of drug-likeness (QED) is 0.458. The minimum Gasteiger partial charge on any atom is -0.342 e. The molecule has 0 unspecified atom stereocenters. The number of hydrogen-bond donors (Lipinski definition) is 0. The molecule has 140 valence electrons. The van der Waals surface area contributed by atoms with Crippen LogP contribution >= 0.6 is 23.1 Å². The molecule has 0 saturated carbocycles. The average molecular weight is 398 g/mol. The fourth-order valence-corrected chi connectivity index (χ4v) is 5.44. The van der Waals surface area contributed by atoms with E-state index in [0.29, 0.717) is 11.7 Å². The van der Waals surface area contributed by atoms with Crippen LogP contribution in [-0.4, -0.2) is 39.6 Å². The first-order chi connectivity index (χ1) is 13.1. The summed E-state index contributed by atoms with van der Waals surface area (Å²) in [4.78, 5) is 24.6. The van der Waals surface area contributed by atoms with E-state index in [2.05, 4.69) is 53.5 Å². The largest absolute Gasteiger partial charge is 0.342 e. The van der Waals surface area contributed by atoms with Gasteiger partial charge in [0.15, 0.2) is 0 Å². The molecule has 1 fully saturated rings. The molecule has 4 rings (SSSR count). The molecule has 2 aromatic heterocycles. The standard InChI is InChI=1S/C21H23N3OS2/c1-14-5-7-16(8-6-14)17-11-26-20-19(17)21(23-13-22-20)27-12-18(25)24-9-3-4-15(2)10-24/h5-8,11,13,15H,3-4,9-10,12H2,1-2H3/t15-/m1/s1. The summed E-state index contributed by atoms with van der Waals surface area (Å²) in [6, 6.07) is 8.52. The molecule has 0 aliphatic carbocycles. The van der Waals surface area contributed by atoms with E-state index < -0.39 is 0 Å². The van der Waals surface area contributed by atoms with E-state index in [4.69, 9.17) is 0 Å². The lowest BCUT2D eigenvalue weighted by molar-refractivity contribution is -0.130. The summed E-state index contributed by atoms with van der Waals surface area (Å²) in [5, 5.41) is 4.11. The van der Waals surface area contributed by atoms with Crippen LogP contribution in [0, 0.1) is 12.8 Å². The van der Waals surface area contributed by atoms with Crippen LogP contribution in [0.1, 0.15) is 25.3 Å². The number of carbonyl (C=O) groups is 1. The molecule has 4 nitrogen and oxygen atoms in total. The Morgan fingerprint density at radius 1 is 1.30 bits per heavy atom. The van der Waals surface area contributed by atoms with Crippen molar-refractivity contribution >= 4 is 39.2 Å². The lowest BCUT2D eigenvalue weighted by Crippen LogP contribution is -2.40. The Bertz CT molecular complexity index is 952. The van der Waals surface area contributed by atoms with Crippen LogP contribution in [0.4, 0.5) is 0 Å². The van der Waals surface area contributed by atoms with Gasteiger partial charge in [-0.1, -0.05) is 48.5 Å². The second kappa shape index (κ2) is 7.98. The lowest BCUT2D eigenvalue weighted by Gasteiger charge is -2.30. The number of benzene rings is 1. The van der Waals surface area contributed by atoms with E-state index >= 15 is 0 Å². The first-order valence-electron chi connectivity index (χ1n) is 9.31. The fraction of sp³-hybridized carbons (Fsp3) is 0.381. The summed E-state index contributed by atoms with van der Waals surface area (Å²) >= 11 is 3.16. The van der Waals surface area contributed by atoms with Gasteiger partial charge in [-0.25, -0.2) is 9.97 Å². The van der Waals surface area contributed by atoms with Crippen molar-refractivity contribution in [1.82, 2.24) is 14.9 Å². The van der Waals surface area contributed by atoms with E-state index in [0.717, 1.165) is 40.3 Å². The highest BCUT2D eigenvalue weighted by atomic mass is 32.2. The molecular weight excluding hydrogens is 374 g/mol. The van der Waals surface area contributed by atoms with Gasteiger partial charge in [-0.05, 0) is 31.2 Å². The maximum Gasteiger partial charge on any atom is 0.232 e. The number of thiophene rings is 1. The minimum absolute atomic E-state index is 0.213. The predicted octanol–water partition coefficient (Wildman–Crippen LogP) is 5.02. The molecule has 1 aliphatic heterocycles. The second-order valence-corrected chi connectivity index (χ2v) is 9.07. The number of carbonyl (C=O) groups excluding carboxylic acids is 1. The van der Waals surface area contributed by atoms with Gasteiger partial charge in [0, 0.05) is 24.0 Å². The number of hydrogen-bond acceptors (Lipinski definition) is 5. The van der Waals surface area contributed by atoms with Gasteiger partial charge in [0.1, 0.15) is 16.2 Å². The lowest BCUT2D eigenvalue weighted by atomic mass is 10.0. The molecule has 3 aromatic rings. The monoisotopic (exact) mass is 397 g/mol. The molecule has 0 spiro atoms. The topological polar surface area (TPSA) is 46.1 Å². The van der Waals surface area contributed by atoms with Crippen molar-refractivity contribution in [3.05, 3.63) is 41.5 Å². The SMILES string of the molecule is Cc1ccc(-c2csc3ncnc(SCC(=O)N4CCC[C@@H](C)C4)c23)cc1. The molecule has 1 atom stereocenters. The van der Waals surface area contributed by atoms with Gasteiger partial charge in [0.25, 0.3) is 0 Å². The summed E-state index contributed by atoms with van der Waals surface area (Å²) in [7, 11) is 0. The van der Waals surface area contributed by atoms with Crippen LogP contribution in [0.25, 0.3) is 21.3 Å². The second-order valence-electron chi connectivity index (χ2n) is 7.25. The number of aryl methyl sites for hydroxylation is 1. The van der Waals surface area contributed by atoms with Crippen LogP contribution in [0.3, 0.4) is 0 Å². The molecule has 0 radical (unpaired) electrons. The summed E-state index contributed by atoms with van der Waals surface area (Å²) < 4.78 is 0. The van der Waals surface area contributed by atoms with Crippen LogP contribution in [0.15, 0.2) is 41.0 Å². The molecule has 0 bridgehead atoms. The molecule has 27 heavy (non-hydrogen) atoms. The van der Waals surface area contributed by atoms with Crippen LogP contribution < -0.4 is 0 Å². The molecule has 1 amide bonds. The third-order valence-electron chi connectivity index (χ3n) is 5.04. The van der Waals surface area contributed by atoms with Gasteiger partial charge in [0.2, 0.25) is 5.91 Å². The number of thioether (sulfide) groups is 1. The van der Waals surface area contributed by atoms with Crippen molar-refractivity contribution in [2.75, 3.05) is 18.8 Å². The van der Waals surface area contributed by atoms with Crippen molar-refractivity contribution in [3.8, 4) is 11.1 Å². The molecule has 3 heterocycles. The molecule has 0 N–H and O–H groups in total. The highest BCUT2D eigenvalue weighted by molar-refractivity contribution is 8.00. The van der Waals surface area contributed by atoms with E-state index in [9.17, 15) is 4.79 Å². The summed E-state index contributed by atoms with van der Waals surface area (Å²) in [6.45, 7) is 6.08. The Kier molecular flexibility index (Phi) is 5.45. The van der Waals surface area contributed by atoms with E-state index in [1.54, 1.807) is 17.7 Å². The Hall–Kier alpha value is -1.92. The van der Waals surface area contributed by atoms with Crippen LogP contribution in [-0.2, 0) is 4.79 Å². The van der Waals surface area contributed by atoms with Gasteiger partial charge in [0.05, 0.1) is 11.1 Å². The smallest absolute Gasteiger partial charge is 0.232 e. The number of fused-ring (bicyclic) bond motifs is 1. The minimum atomic E-state index is 0.213. The van der Waals surface area contributed by atoms with Crippen molar-refractivity contribution < 1.29 is 4.79 Å². The van der Waals surface area contributed by atoms with Crippen molar-refractivity contribution in [2.45, 2.75) is 31.7 Å². The van der Waals surface area contributed by atoms with Crippen LogP contribution in [0.2, 0.25) is 0 Å². The number of piperidine rings is 1. The van der Waals surface area contributed by atoms with Crippen molar-refractivity contribution in [3.63, 3.8) is 0 Å². The van der Waals surface area contributed by atoms with Crippen molar-refractivity contribution in [2.24, 2.45) is 5.92 Å². The zero-order chi connectivity index (χ0) is 18.8. The molecule has 1 aliphatic rings. The Morgan fingerprint density at radius 3 is 2.89 bits per heavy atom. The number of rotatable bonds is 4. The number of amides is 1. The highest BCUT2D eigenvalue weighted by Crippen LogP contribution is 2.38. The first kappa shape index (κ1) is 18.4. The van der Waals surface area contributed by atoms with Gasteiger partial charge >= 0.3 is 0 Å². The van der Waals surface area contributed by atoms with Crippen molar-refractivity contribution in [1.29, 1.82) is 0 Å². The Morgan fingerprint density at radius 2 is 2.11 bits per heavy atom.